The number of benzene rings is 2. The zero-order valence-electron chi connectivity index (χ0n) is 21.1. The highest BCUT2D eigenvalue weighted by atomic mass is 16.5. The number of hydrogen-bond donors (Lipinski definition) is 1. The van der Waals surface area contributed by atoms with Crippen molar-refractivity contribution in [2.45, 2.75) is 26.8 Å². The molecular formula is C29H29N5O3. The molecule has 188 valence electrons. The van der Waals surface area contributed by atoms with E-state index < -0.39 is 5.97 Å². The van der Waals surface area contributed by atoms with E-state index in [0.29, 0.717) is 18.1 Å². The molecule has 2 N–H and O–H groups in total. The van der Waals surface area contributed by atoms with Gasteiger partial charge in [-0.2, -0.15) is 9.67 Å². The molecule has 8 nitrogen and oxygen atoms in total. The predicted octanol–water partition coefficient (Wildman–Crippen LogP) is 3.09. The molecule has 0 unspecified atom stereocenters. The molecule has 4 aromatic rings. The van der Waals surface area contributed by atoms with Crippen LogP contribution in [-0.4, -0.2) is 29.1 Å². The Morgan fingerprint density at radius 2 is 1.95 bits per heavy atom. The lowest BCUT2D eigenvalue weighted by molar-refractivity contribution is -0.582. The Bertz CT molecular complexity index is 1470. The molecule has 1 aliphatic rings. The number of ether oxygens (including phenoxy) is 1. The maximum Gasteiger partial charge on any atom is 0.223 e. The minimum absolute atomic E-state index is 0.558. The van der Waals surface area contributed by atoms with E-state index in [4.69, 9.17) is 25.4 Å². The molecule has 5 rings (SSSR count). The quantitative estimate of drug-likeness (QED) is 0.327. The van der Waals surface area contributed by atoms with E-state index in [9.17, 15) is 0 Å². The number of nitrogen functional groups attached to an aromatic ring is 1. The fraction of sp³-hybridized carbons (Fsp3) is 0.172. The molecule has 2 aromatic carbocycles. The van der Waals surface area contributed by atoms with Crippen LogP contribution in [0.3, 0.4) is 0 Å². The Morgan fingerprint density at radius 1 is 1.19 bits per heavy atom. The lowest BCUT2D eigenvalue weighted by Gasteiger charge is -2.05. The SMILES string of the molecule is CC(=O)[O-].COc1ccc(C2=C(/C=N/c3cnn(Cc4cccc(C)c4)c3N)Cc3cccc[n+]32)cc1. The van der Waals surface area contributed by atoms with Crippen LogP contribution in [0, 0.1) is 6.92 Å². The molecule has 0 fully saturated rings. The molecule has 37 heavy (non-hydrogen) atoms. The number of nitrogens with two attached hydrogens (primary N) is 1. The second-order valence-corrected chi connectivity index (χ2v) is 8.65. The summed E-state index contributed by atoms with van der Waals surface area (Å²) in [6.07, 6.45) is 6.52. The summed E-state index contributed by atoms with van der Waals surface area (Å²) < 4.78 is 9.33. The number of fused-ring (bicyclic) bond motifs is 1. The Balaban J connectivity index is 0.000000747. The zero-order valence-corrected chi connectivity index (χ0v) is 21.1. The highest BCUT2D eigenvalue weighted by molar-refractivity contribution is 5.92. The largest absolute Gasteiger partial charge is 0.550 e. The van der Waals surface area contributed by atoms with Gasteiger partial charge in [0, 0.05) is 29.9 Å². The van der Waals surface area contributed by atoms with Crippen LogP contribution in [0.4, 0.5) is 11.5 Å². The van der Waals surface area contributed by atoms with Crippen molar-refractivity contribution in [3.8, 4) is 5.75 Å². The third kappa shape index (κ3) is 6.10. The van der Waals surface area contributed by atoms with Gasteiger partial charge in [-0.25, -0.2) is 4.68 Å². The van der Waals surface area contributed by atoms with Crippen LogP contribution in [0.15, 0.2) is 89.7 Å². The molecular weight excluding hydrogens is 466 g/mol. The van der Waals surface area contributed by atoms with E-state index in [1.54, 1.807) is 18.0 Å². The number of hydrogen-bond acceptors (Lipinski definition) is 6. The predicted molar refractivity (Wildman–Crippen MR) is 141 cm³/mol. The number of aliphatic imine (C=N–C) groups is 1. The fourth-order valence-electron chi connectivity index (χ4n) is 4.20. The Labute approximate surface area is 216 Å². The lowest BCUT2D eigenvalue weighted by atomic mass is 10.1. The Morgan fingerprint density at radius 3 is 2.65 bits per heavy atom. The number of carboxylic acids is 1. The number of nitrogens with zero attached hydrogens (tertiary/aromatic N) is 4. The number of carbonyl (C=O) groups excluding carboxylic acids is 1. The molecule has 1 aliphatic heterocycles. The highest BCUT2D eigenvalue weighted by Crippen LogP contribution is 2.27. The van der Waals surface area contributed by atoms with Crippen LogP contribution < -0.4 is 20.1 Å². The summed E-state index contributed by atoms with van der Waals surface area (Å²) in [5.41, 5.74) is 14.0. The van der Waals surface area contributed by atoms with Gasteiger partial charge in [0.15, 0.2) is 11.9 Å². The molecule has 0 bridgehead atoms. The number of aromatic nitrogens is 3. The molecule has 0 amide bonds. The first kappa shape index (κ1) is 25.4. The zero-order chi connectivity index (χ0) is 26.4. The minimum Gasteiger partial charge on any atom is -0.550 e. The number of allylic oxidation sites excluding steroid dienone is 1. The van der Waals surface area contributed by atoms with Crippen molar-refractivity contribution < 1.29 is 19.2 Å². The molecule has 8 heteroatoms. The van der Waals surface area contributed by atoms with Gasteiger partial charge in [-0.3, -0.25) is 4.99 Å². The average molecular weight is 496 g/mol. The van der Waals surface area contributed by atoms with Crippen molar-refractivity contribution in [3.05, 3.63) is 107 Å². The van der Waals surface area contributed by atoms with E-state index in [0.717, 1.165) is 41.5 Å². The molecule has 2 aromatic heterocycles. The molecule has 0 radical (unpaired) electrons. The standard InChI is InChI=1S/C27H26N5O.C2H4O2/c1-19-6-5-7-20(14-19)18-32-27(28)25(17-30-32)29-16-22-15-23-8-3-4-13-31(23)26(22)21-9-11-24(33-2)12-10-21;1-2(3)4/h3-14,16-17H,15,18,28H2,1-2H3;1H3,(H,3,4)/q+1;/p-1/b29-16+;. The Kier molecular flexibility index (Phi) is 7.78. The number of anilines is 1. The van der Waals surface area contributed by atoms with Gasteiger partial charge in [0.2, 0.25) is 5.70 Å². The molecule has 0 atom stereocenters. The number of rotatable bonds is 6. The van der Waals surface area contributed by atoms with Gasteiger partial charge in [0.05, 0.1) is 31.8 Å². The Hall–Kier alpha value is -4.72. The number of methoxy groups -OCH3 is 1. The summed E-state index contributed by atoms with van der Waals surface area (Å²) in [5.74, 6) is 0.308. The summed E-state index contributed by atoms with van der Waals surface area (Å²) in [6.45, 7) is 3.67. The second kappa shape index (κ2) is 11.3. The van der Waals surface area contributed by atoms with Gasteiger partial charge < -0.3 is 20.4 Å². The summed E-state index contributed by atoms with van der Waals surface area (Å²) in [6, 6.07) is 22.7. The van der Waals surface area contributed by atoms with Crippen LogP contribution in [0.2, 0.25) is 0 Å². The minimum atomic E-state index is -1.08. The van der Waals surface area contributed by atoms with Crippen LogP contribution in [0.5, 0.6) is 5.75 Å². The summed E-state index contributed by atoms with van der Waals surface area (Å²) >= 11 is 0. The molecule has 0 saturated heterocycles. The van der Waals surface area contributed by atoms with Crippen molar-refractivity contribution in [2.24, 2.45) is 4.99 Å². The van der Waals surface area contributed by atoms with Crippen LogP contribution >= 0.6 is 0 Å². The van der Waals surface area contributed by atoms with Crippen molar-refractivity contribution >= 4 is 29.4 Å². The van der Waals surface area contributed by atoms with Gasteiger partial charge in [-0.05, 0) is 43.7 Å². The van der Waals surface area contributed by atoms with Gasteiger partial charge >= 0.3 is 0 Å². The molecule has 0 saturated carbocycles. The fourth-order valence-corrected chi connectivity index (χ4v) is 4.20. The molecule has 0 aliphatic carbocycles. The van der Waals surface area contributed by atoms with E-state index in [1.807, 2.05) is 30.5 Å². The normalized spacial score (nSPS) is 12.3. The van der Waals surface area contributed by atoms with Crippen LogP contribution in [0.25, 0.3) is 5.70 Å². The molecule has 0 spiro atoms. The van der Waals surface area contributed by atoms with Gasteiger partial charge in [-0.15, -0.1) is 0 Å². The first-order valence-corrected chi connectivity index (χ1v) is 11.8. The van der Waals surface area contributed by atoms with E-state index >= 15 is 0 Å². The summed E-state index contributed by atoms with van der Waals surface area (Å²) in [4.78, 5) is 13.6. The average Bonchev–Trinajstić information content (AvgIpc) is 3.42. The van der Waals surface area contributed by atoms with E-state index in [-0.39, 0.29) is 0 Å². The van der Waals surface area contributed by atoms with Crippen LogP contribution in [-0.2, 0) is 17.8 Å². The number of pyridine rings is 1. The van der Waals surface area contributed by atoms with Gasteiger partial charge in [-0.1, -0.05) is 35.9 Å². The van der Waals surface area contributed by atoms with Crippen LogP contribution in [0.1, 0.15) is 29.3 Å². The summed E-state index contributed by atoms with van der Waals surface area (Å²) in [7, 11) is 1.68. The van der Waals surface area contributed by atoms with Gasteiger partial charge in [0.1, 0.15) is 17.3 Å². The smallest absolute Gasteiger partial charge is 0.223 e. The topological polar surface area (TPSA) is 109 Å². The second-order valence-electron chi connectivity index (χ2n) is 8.65. The van der Waals surface area contributed by atoms with E-state index in [2.05, 4.69) is 65.3 Å². The first-order chi connectivity index (χ1) is 17.9. The lowest BCUT2D eigenvalue weighted by Crippen LogP contribution is -2.33. The third-order valence-electron chi connectivity index (χ3n) is 5.86. The number of aryl methyl sites for hydroxylation is 1. The van der Waals surface area contributed by atoms with Crippen molar-refractivity contribution in [1.29, 1.82) is 0 Å². The first-order valence-electron chi connectivity index (χ1n) is 11.8. The van der Waals surface area contributed by atoms with Crippen molar-refractivity contribution in [2.75, 3.05) is 12.8 Å². The van der Waals surface area contributed by atoms with Crippen molar-refractivity contribution in [1.82, 2.24) is 9.78 Å². The number of carbonyl (C=O) groups is 1. The monoisotopic (exact) mass is 495 g/mol. The highest BCUT2D eigenvalue weighted by Gasteiger charge is 2.30. The number of aliphatic carboxylic acids is 1. The number of carboxylic acid groups (broad SMARTS) is 1. The van der Waals surface area contributed by atoms with E-state index in [1.165, 1.54) is 11.3 Å². The maximum atomic E-state index is 8.89. The van der Waals surface area contributed by atoms with Gasteiger partial charge in [0.25, 0.3) is 0 Å². The third-order valence-corrected chi connectivity index (χ3v) is 5.86. The summed E-state index contributed by atoms with van der Waals surface area (Å²) in [5, 5.41) is 13.4. The maximum absolute atomic E-state index is 8.89. The van der Waals surface area contributed by atoms with Crippen molar-refractivity contribution in [3.63, 3.8) is 0 Å². The molecule has 3 heterocycles.